The molecule has 1 fully saturated rings. The van der Waals surface area contributed by atoms with E-state index in [9.17, 15) is 4.79 Å². The number of methoxy groups -OCH3 is 2. The third-order valence-corrected chi connectivity index (χ3v) is 5.20. The van der Waals surface area contributed by atoms with Gasteiger partial charge >= 0.3 is 0 Å². The topological polar surface area (TPSA) is 64.5 Å². The predicted molar refractivity (Wildman–Crippen MR) is 96.9 cm³/mol. The summed E-state index contributed by atoms with van der Waals surface area (Å²) in [6.07, 6.45) is 9.70. The van der Waals surface area contributed by atoms with Gasteiger partial charge in [-0.05, 0) is 36.6 Å². The lowest BCUT2D eigenvalue weighted by Crippen LogP contribution is -2.41. The zero-order chi connectivity index (χ0) is 18.1. The van der Waals surface area contributed by atoms with Crippen molar-refractivity contribution in [3.8, 4) is 11.5 Å². The fourth-order valence-corrected chi connectivity index (χ4v) is 3.97. The first-order valence-electron chi connectivity index (χ1n) is 8.72. The summed E-state index contributed by atoms with van der Waals surface area (Å²) >= 11 is 0. The van der Waals surface area contributed by atoms with E-state index in [1.807, 2.05) is 35.4 Å². The first-order valence-corrected chi connectivity index (χ1v) is 8.72. The highest BCUT2D eigenvalue weighted by atomic mass is 16.5. The first-order chi connectivity index (χ1) is 12.7. The number of benzene rings is 1. The van der Waals surface area contributed by atoms with Crippen molar-refractivity contribution in [2.75, 3.05) is 14.2 Å². The van der Waals surface area contributed by atoms with Crippen LogP contribution < -0.4 is 9.47 Å². The Labute approximate surface area is 152 Å². The highest BCUT2D eigenvalue weighted by molar-refractivity contribution is 5.92. The molecule has 0 radical (unpaired) electrons. The van der Waals surface area contributed by atoms with Crippen LogP contribution in [0.2, 0.25) is 0 Å². The van der Waals surface area contributed by atoms with Crippen molar-refractivity contribution in [2.24, 2.45) is 0 Å². The highest BCUT2D eigenvalue weighted by Gasteiger charge is 2.42. The van der Waals surface area contributed by atoms with Crippen LogP contribution in [0.5, 0.6) is 11.5 Å². The number of amides is 1. The molecule has 0 saturated carbocycles. The number of carbonyl (C=O) groups is 1. The molecule has 6 heteroatoms. The SMILES string of the molecule is COc1ccc(/C=C/C(=O)N2C3CCC2c2cncnc2C3)cc1OC. The maximum absolute atomic E-state index is 12.9. The molecule has 0 aliphatic carbocycles. The van der Waals surface area contributed by atoms with Gasteiger partial charge in [-0.2, -0.15) is 0 Å². The molecule has 1 aromatic heterocycles. The lowest BCUT2D eigenvalue weighted by atomic mass is 9.99. The van der Waals surface area contributed by atoms with Crippen molar-refractivity contribution >= 4 is 12.0 Å². The number of aromatic nitrogens is 2. The molecule has 2 bridgehead atoms. The molecule has 2 aliphatic heterocycles. The number of hydrogen-bond acceptors (Lipinski definition) is 5. The van der Waals surface area contributed by atoms with Crippen molar-refractivity contribution in [1.29, 1.82) is 0 Å². The predicted octanol–water partition coefficient (Wildman–Crippen LogP) is 2.80. The third-order valence-electron chi connectivity index (χ3n) is 5.20. The second-order valence-corrected chi connectivity index (χ2v) is 6.57. The molecule has 134 valence electrons. The minimum atomic E-state index is 0.0294. The Hall–Kier alpha value is -2.89. The van der Waals surface area contributed by atoms with E-state index in [0.29, 0.717) is 11.5 Å². The van der Waals surface area contributed by atoms with E-state index in [4.69, 9.17) is 9.47 Å². The lowest BCUT2D eigenvalue weighted by molar-refractivity contribution is -0.129. The van der Waals surface area contributed by atoms with Gasteiger partial charge in [0.25, 0.3) is 0 Å². The second kappa shape index (κ2) is 6.78. The van der Waals surface area contributed by atoms with Crippen molar-refractivity contribution in [2.45, 2.75) is 31.3 Å². The van der Waals surface area contributed by atoms with E-state index < -0.39 is 0 Å². The Bertz CT molecular complexity index is 865. The number of rotatable bonds is 4. The van der Waals surface area contributed by atoms with Crippen LogP contribution in [-0.4, -0.2) is 41.0 Å². The monoisotopic (exact) mass is 351 g/mol. The van der Waals surface area contributed by atoms with Crippen molar-refractivity contribution in [3.05, 3.63) is 53.6 Å². The molecule has 1 saturated heterocycles. The first kappa shape index (κ1) is 16.6. The van der Waals surface area contributed by atoms with Gasteiger partial charge in [0, 0.05) is 30.3 Å². The summed E-state index contributed by atoms with van der Waals surface area (Å²) in [5.74, 6) is 1.34. The van der Waals surface area contributed by atoms with Gasteiger partial charge in [0.2, 0.25) is 5.91 Å². The van der Waals surface area contributed by atoms with Crippen molar-refractivity contribution in [3.63, 3.8) is 0 Å². The average Bonchev–Trinajstić information content (AvgIpc) is 3.00. The van der Waals surface area contributed by atoms with Crippen LogP contribution in [0.1, 0.15) is 35.7 Å². The summed E-state index contributed by atoms with van der Waals surface area (Å²) in [6, 6.07) is 5.91. The van der Waals surface area contributed by atoms with E-state index in [-0.39, 0.29) is 18.0 Å². The minimum absolute atomic E-state index is 0.0294. The van der Waals surface area contributed by atoms with Gasteiger partial charge < -0.3 is 14.4 Å². The molecule has 6 nitrogen and oxygen atoms in total. The van der Waals surface area contributed by atoms with E-state index in [1.54, 1.807) is 26.6 Å². The van der Waals surface area contributed by atoms with Crippen molar-refractivity contribution < 1.29 is 14.3 Å². The van der Waals surface area contributed by atoms with Gasteiger partial charge in [0.05, 0.1) is 26.0 Å². The number of fused-ring (bicyclic) bond motifs is 4. The molecule has 2 unspecified atom stereocenters. The van der Waals surface area contributed by atoms with Gasteiger partial charge in [-0.3, -0.25) is 4.79 Å². The molecule has 1 aromatic carbocycles. The van der Waals surface area contributed by atoms with Crippen LogP contribution in [0.15, 0.2) is 36.8 Å². The quantitative estimate of drug-likeness (QED) is 0.793. The smallest absolute Gasteiger partial charge is 0.247 e. The molecule has 2 atom stereocenters. The Morgan fingerprint density at radius 1 is 1.23 bits per heavy atom. The molecule has 26 heavy (non-hydrogen) atoms. The summed E-state index contributed by atoms with van der Waals surface area (Å²) in [7, 11) is 3.20. The van der Waals surface area contributed by atoms with E-state index in [1.165, 1.54) is 0 Å². The van der Waals surface area contributed by atoms with Gasteiger partial charge in [-0.15, -0.1) is 0 Å². The fourth-order valence-electron chi connectivity index (χ4n) is 3.97. The Balaban J connectivity index is 1.55. The fraction of sp³-hybridized carbons (Fsp3) is 0.350. The summed E-state index contributed by atoms with van der Waals surface area (Å²) in [6.45, 7) is 0. The number of hydrogen-bond donors (Lipinski definition) is 0. The third kappa shape index (κ3) is 2.81. The van der Waals surface area contributed by atoms with Gasteiger partial charge in [-0.25, -0.2) is 9.97 Å². The van der Waals surface area contributed by atoms with E-state index in [0.717, 1.165) is 36.1 Å². The number of carbonyl (C=O) groups excluding carboxylic acids is 1. The van der Waals surface area contributed by atoms with E-state index >= 15 is 0 Å². The number of ether oxygens (including phenoxy) is 2. The molecule has 0 spiro atoms. The Morgan fingerprint density at radius 3 is 2.88 bits per heavy atom. The summed E-state index contributed by atoms with van der Waals surface area (Å²) in [5.41, 5.74) is 3.07. The maximum Gasteiger partial charge on any atom is 0.247 e. The normalized spacial score (nSPS) is 20.9. The Kier molecular flexibility index (Phi) is 4.32. The number of nitrogens with zero attached hydrogens (tertiary/aromatic N) is 3. The molecule has 4 rings (SSSR count). The minimum Gasteiger partial charge on any atom is -0.493 e. The zero-order valence-corrected chi connectivity index (χ0v) is 14.9. The second-order valence-electron chi connectivity index (χ2n) is 6.57. The molecular formula is C20H21N3O3. The standard InChI is InChI=1S/C20H21N3O3/c1-25-18-7-3-13(9-19(18)26-2)4-8-20(24)23-14-5-6-17(23)15-11-21-12-22-16(15)10-14/h3-4,7-9,11-12,14,17H,5-6,10H2,1-2H3/b8-4+. The lowest BCUT2D eigenvalue weighted by Gasteiger charge is -2.34. The van der Waals surface area contributed by atoms with Gasteiger partial charge in [0.15, 0.2) is 11.5 Å². The molecule has 2 aromatic rings. The molecule has 1 amide bonds. The van der Waals surface area contributed by atoms with Crippen LogP contribution >= 0.6 is 0 Å². The molecule has 0 N–H and O–H groups in total. The molecule has 2 aliphatic rings. The average molecular weight is 351 g/mol. The van der Waals surface area contributed by atoms with Crippen molar-refractivity contribution in [1.82, 2.24) is 14.9 Å². The van der Waals surface area contributed by atoms with E-state index in [2.05, 4.69) is 9.97 Å². The maximum atomic E-state index is 12.9. The van der Waals surface area contributed by atoms with Crippen LogP contribution in [0.3, 0.4) is 0 Å². The van der Waals surface area contributed by atoms with Gasteiger partial charge in [-0.1, -0.05) is 6.07 Å². The largest absolute Gasteiger partial charge is 0.493 e. The zero-order valence-electron chi connectivity index (χ0n) is 14.9. The summed E-state index contributed by atoms with van der Waals surface area (Å²) in [5, 5.41) is 0. The Morgan fingerprint density at radius 2 is 2.08 bits per heavy atom. The molecule has 3 heterocycles. The van der Waals surface area contributed by atoms with Crippen LogP contribution in [-0.2, 0) is 11.2 Å². The van der Waals surface area contributed by atoms with Crippen LogP contribution in [0.4, 0.5) is 0 Å². The highest BCUT2D eigenvalue weighted by Crippen LogP contribution is 2.42. The van der Waals surface area contributed by atoms with Gasteiger partial charge in [0.1, 0.15) is 6.33 Å². The summed E-state index contributed by atoms with van der Waals surface area (Å²) in [4.78, 5) is 23.4. The summed E-state index contributed by atoms with van der Waals surface area (Å²) < 4.78 is 10.6. The van der Waals surface area contributed by atoms with Crippen LogP contribution in [0, 0.1) is 0 Å². The molecular weight excluding hydrogens is 330 g/mol. The van der Waals surface area contributed by atoms with Crippen LogP contribution in [0.25, 0.3) is 6.08 Å².